The number of hydrogen-bond acceptors (Lipinski definition) is 4. The average molecular weight is 305 g/mol. The minimum atomic E-state index is -3.03. The summed E-state index contributed by atoms with van der Waals surface area (Å²) in [6, 6.07) is 0.453. The van der Waals surface area contributed by atoms with Crippen LogP contribution >= 0.6 is 0 Å². The molecule has 20 heavy (non-hydrogen) atoms. The molecule has 0 radical (unpaired) electrons. The number of piperidine rings is 1. The molecule has 1 N–H and O–H groups in total. The predicted octanol–water partition coefficient (Wildman–Crippen LogP) is 0.978. The Balaban J connectivity index is 2.54. The summed E-state index contributed by atoms with van der Waals surface area (Å²) in [5.74, 6) is 0.479. The quantitative estimate of drug-likeness (QED) is 0.726. The van der Waals surface area contributed by atoms with Gasteiger partial charge in [0.1, 0.15) is 0 Å². The van der Waals surface area contributed by atoms with Gasteiger partial charge >= 0.3 is 0 Å². The van der Waals surface area contributed by atoms with E-state index >= 15 is 0 Å². The maximum absolute atomic E-state index is 11.7. The molecule has 1 fully saturated rings. The number of rotatable bonds is 8. The van der Waals surface area contributed by atoms with Gasteiger partial charge in [-0.1, -0.05) is 6.92 Å². The molecule has 2 atom stereocenters. The van der Waals surface area contributed by atoms with Crippen LogP contribution in [0.5, 0.6) is 0 Å². The van der Waals surface area contributed by atoms with Crippen LogP contribution in [0.3, 0.4) is 0 Å². The highest BCUT2D eigenvalue weighted by molar-refractivity contribution is 7.88. The Bertz CT molecular complexity index is 371. The van der Waals surface area contributed by atoms with E-state index in [1.807, 2.05) is 0 Å². The molecule has 0 saturated carbocycles. The van der Waals surface area contributed by atoms with Crippen molar-refractivity contribution in [3.63, 3.8) is 0 Å². The summed E-state index contributed by atoms with van der Waals surface area (Å²) in [6.45, 7) is 5.59. The molecule has 1 aliphatic rings. The molecule has 2 unspecified atom stereocenters. The first kappa shape index (κ1) is 17.9. The van der Waals surface area contributed by atoms with Gasteiger partial charge in [-0.2, -0.15) is 0 Å². The van der Waals surface area contributed by atoms with Gasteiger partial charge in [0.05, 0.1) is 6.26 Å². The molecule has 5 nitrogen and oxygen atoms in total. The van der Waals surface area contributed by atoms with Gasteiger partial charge in [-0.15, -0.1) is 0 Å². The van der Waals surface area contributed by atoms with Gasteiger partial charge in [0.2, 0.25) is 10.0 Å². The SMILES string of the molecule is CCCNC(CC1CCCN(S(C)(=O)=O)C1)CN(C)C. The Hall–Kier alpha value is -0.170. The van der Waals surface area contributed by atoms with E-state index in [0.717, 1.165) is 38.8 Å². The van der Waals surface area contributed by atoms with Gasteiger partial charge in [0.25, 0.3) is 0 Å². The molecule has 1 rings (SSSR count). The van der Waals surface area contributed by atoms with Crippen LogP contribution in [0, 0.1) is 5.92 Å². The van der Waals surface area contributed by atoms with E-state index in [1.165, 1.54) is 6.26 Å². The second-order valence-electron chi connectivity index (χ2n) is 6.28. The molecule has 1 aliphatic heterocycles. The Morgan fingerprint density at radius 2 is 2.10 bits per heavy atom. The minimum Gasteiger partial charge on any atom is -0.313 e. The number of hydrogen-bond donors (Lipinski definition) is 1. The standard InChI is InChI=1S/C14H31N3O2S/c1-5-8-15-14(12-16(2)3)10-13-7-6-9-17(11-13)20(4,18)19/h13-15H,5-12H2,1-4H3. The highest BCUT2D eigenvalue weighted by Gasteiger charge is 2.27. The number of sulfonamides is 1. The van der Waals surface area contributed by atoms with Crippen LogP contribution in [0.15, 0.2) is 0 Å². The van der Waals surface area contributed by atoms with E-state index in [0.29, 0.717) is 25.0 Å². The van der Waals surface area contributed by atoms with E-state index in [-0.39, 0.29) is 0 Å². The Labute approximate surface area is 124 Å². The predicted molar refractivity (Wildman–Crippen MR) is 84.4 cm³/mol. The van der Waals surface area contributed by atoms with Crippen LogP contribution in [-0.2, 0) is 10.0 Å². The van der Waals surface area contributed by atoms with Gasteiger partial charge in [-0.3, -0.25) is 0 Å². The third-order valence-electron chi connectivity index (χ3n) is 3.84. The van der Waals surface area contributed by atoms with Crippen molar-refractivity contribution < 1.29 is 8.42 Å². The van der Waals surface area contributed by atoms with Crippen molar-refractivity contribution in [3.8, 4) is 0 Å². The van der Waals surface area contributed by atoms with Crippen LogP contribution in [-0.4, -0.2) is 70.2 Å². The third-order valence-corrected chi connectivity index (χ3v) is 5.11. The molecule has 0 bridgehead atoms. The van der Waals surface area contributed by atoms with Gasteiger partial charge in [-0.05, 0) is 52.2 Å². The smallest absolute Gasteiger partial charge is 0.211 e. The zero-order chi connectivity index (χ0) is 15.2. The highest BCUT2D eigenvalue weighted by Crippen LogP contribution is 2.22. The zero-order valence-corrected chi connectivity index (χ0v) is 14.2. The van der Waals surface area contributed by atoms with Crippen molar-refractivity contribution in [3.05, 3.63) is 0 Å². The third kappa shape index (κ3) is 6.52. The lowest BCUT2D eigenvalue weighted by atomic mass is 9.92. The molecule has 0 amide bonds. The number of nitrogens with one attached hydrogen (secondary N) is 1. The normalized spacial score (nSPS) is 23.1. The molecule has 6 heteroatoms. The zero-order valence-electron chi connectivity index (χ0n) is 13.4. The molecule has 1 heterocycles. The van der Waals surface area contributed by atoms with E-state index in [4.69, 9.17) is 0 Å². The summed E-state index contributed by atoms with van der Waals surface area (Å²) in [4.78, 5) is 2.20. The molecule has 120 valence electrons. The fraction of sp³-hybridized carbons (Fsp3) is 1.00. The summed E-state index contributed by atoms with van der Waals surface area (Å²) < 4.78 is 25.0. The van der Waals surface area contributed by atoms with Gasteiger partial charge in [0.15, 0.2) is 0 Å². The summed E-state index contributed by atoms with van der Waals surface area (Å²) in [7, 11) is 1.14. The molecule has 0 aromatic heterocycles. The Kier molecular flexibility index (Phi) is 7.43. The summed E-state index contributed by atoms with van der Waals surface area (Å²) >= 11 is 0. The average Bonchev–Trinajstić information content (AvgIpc) is 2.34. The number of likely N-dealkylation sites (N-methyl/N-ethyl adjacent to an activating group) is 1. The Morgan fingerprint density at radius 1 is 1.40 bits per heavy atom. The molecular formula is C14H31N3O2S. The fourth-order valence-electron chi connectivity index (χ4n) is 2.93. The van der Waals surface area contributed by atoms with Crippen LogP contribution in [0.4, 0.5) is 0 Å². The largest absolute Gasteiger partial charge is 0.313 e. The van der Waals surface area contributed by atoms with Crippen molar-refractivity contribution in [1.29, 1.82) is 0 Å². The topological polar surface area (TPSA) is 52.7 Å². The maximum atomic E-state index is 11.7. The first-order valence-corrected chi connectivity index (χ1v) is 9.51. The summed E-state index contributed by atoms with van der Waals surface area (Å²) in [6.07, 6.45) is 5.64. The first-order chi connectivity index (χ1) is 9.32. The van der Waals surface area contributed by atoms with Gasteiger partial charge in [0, 0.05) is 25.7 Å². The van der Waals surface area contributed by atoms with Crippen molar-refractivity contribution in [2.75, 3.05) is 46.5 Å². The molecule has 0 aromatic rings. The van der Waals surface area contributed by atoms with Crippen molar-refractivity contribution in [1.82, 2.24) is 14.5 Å². The fourth-order valence-corrected chi connectivity index (χ4v) is 3.88. The van der Waals surface area contributed by atoms with Crippen LogP contribution < -0.4 is 5.32 Å². The highest BCUT2D eigenvalue weighted by atomic mass is 32.2. The lowest BCUT2D eigenvalue weighted by Crippen LogP contribution is -2.44. The van der Waals surface area contributed by atoms with Crippen molar-refractivity contribution >= 4 is 10.0 Å². The number of nitrogens with zero attached hydrogens (tertiary/aromatic N) is 2. The first-order valence-electron chi connectivity index (χ1n) is 7.66. The second-order valence-corrected chi connectivity index (χ2v) is 8.26. The van der Waals surface area contributed by atoms with Crippen LogP contribution in [0.1, 0.15) is 32.6 Å². The second kappa shape index (κ2) is 8.32. The maximum Gasteiger partial charge on any atom is 0.211 e. The van der Waals surface area contributed by atoms with E-state index in [9.17, 15) is 8.42 Å². The molecule has 0 aliphatic carbocycles. The van der Waals surface area contributed by atoms with Crippen LogP contribution in [0.25, 0.3) is 0 Å². The monoisotopic (exact) mass is 305 g/mol. The van der Waals surface area contributed by atoms with Gasteiger partial charge < -0.3 is 10.2 Å². The van der Waals surface area contributed by atoms with Crippen LogP contribution in [0.2, 0.25) is 0 Å². The molecule has 0 spiro atoms. The summed E-state index contributed by atoms with van der Waals surface area (Å²) in [5, 5.41) is 3.59. The minimum absolute atomic E-state index is 0.453. The lowest BCUT2D eigenvalue weighted by Gasteiger charge is -2.34. The van der Waals surface area contributed by atoms with E-state index in [1.54, 1.807) is 4.31 Å². The van der Waals surface area contributed by atoms with Gasteiger partial charge in [-0.25, -0.2) is 12.7 Å². The summed E-state index contributed by atoms with van der Waals surface area (Å²) in [5.41, 5.74) is 0. The Morgan fingerprint density at radius 3 is 2.65 bits per heavy atom. The molecule has 1 saturated heterocycles. The van der Waals surface area contributed by atoms with E-state index < -0.39 is 10.0 Å². The van der Waals surface area contributed by atoms with E-state index in [2.05, 4.69) is 31.2 Å². The van der Waals surface area contributed by atoms with Crippen molar-refractivity contribution in [2.24, 2.45) is 5.92 Å². The lowest BCUT2D eigenvalue weighted by molar-refractivity contribution is 0.221. The van der Waals surface area contributed by atoms with Crippen molar-refractivity contribution in [2.45, 2.75) is 38.6 Å². The molecule has 0 aromatic carbocycles. The molecular weight excluding hydrogens is 274 g/mol.